The van der Waals surface area contributed by atoms with Crippen LogP contribution in [0, 0.1) is 0 Å². The highest BCUT2D eigenvalue weighted by molar-refractivity contribution is 5.68. The second kappa shape index (κ2) is 16.6. The number of hydrogen-bond donors (Lipinski definition) is 0. The Hall–Kier alpha value is -3.52. The van der Waals surface area contributed by atoms with Gasteiger partial charge in [0, 0.05) is 47.5 Å². The summed E-state index contributed by atoms with van der Waals surface area (Å²) in [4.78, 5) is 46.9. The summed E-state index contributed by atoms with van der Waals surface area (Å²) in [5.74, 6) is -2.13. The maximum Gasteiger partial charge on any atom is 0.303 e. The highest BCUT2D eigenvalue weighted by Crippen LogP contribution is 2.30. The van der Waals surface area contributed by atoms with Crippen molar-refractivity contribution in [2.24, 2.45) is 0 Å². The van der Waals surface area contributed by atoms with Gasteiger partial charge in [0.1, 0.15) is 25.1 Å². The van der Waals surface area contributed by atoms with Crippen LogP contribution >= 0.6 is 0 Å². The van der Waals surface area contributed by atoms with Gasteiger partial charge in [-0.15, -0.1) is 0 Å². The molecule has 1 heterocycles. The molecule has 1 saturated heterocycles. The molecule has 13 heteroatoms. The van der Waals surface area contributed by atoms with Crippen LogP contribution in [-0.4, -0.2) is 88.6 Å². The predicted molar refractivity (Wildman–Crippen MR) is 136 cm³/mol. The van der Waals surface area contributed by atoms with Crippen LogP contribution in [-0.2, 0) is 57.1 Å². The molecule has 1 aromatic carbocycles. The second-order valence-corrected chi connectivity index (χ2v) is 8.56. The van der Waals surface area contributed by atoms with Crippen molar-refractivity contribution in [3.63, 3.8) is 0 Å². The maximum atomic E-state index is 11.9. The number of hydrogen-bond acceptors (Lipinski definition) is 13. The van der Waals surface area contributed by atoms with E-state index < -0.39 is 60.9 Å². The van der Waals surface area contributed by atoms with Gasteiger partial charge in [-0.2, -0.15) is 0 Å². The van der Waals surface area contributed by atoms with Gasteiger partial charge in [0.25, 0.3) is 0 Å². The van der Waals surface area contributed by atoms with Crippen molar-refractivity contribution in [3.8, 4) is 5.75 Å². The number of benzene rings is 1. The van der Waals surface area contributed by atoms with E-state index in [1.807, 2.05) is 12.1 Å². The first-order valence-electron chi connectivity index (χ1n) is 12.4. The van der Waals surface area contributed by atoms with Crippen molar-refractivity contribution in [1.29, 1.82) is 0 Å². The normalized spacial score (nSPS) is 22.5. The van der Waals surface area contributed by atoms with Crippen molar-refractivity contribution in [3.05, 3.63) is 42.0 Å². The highest BCUT2D eigenvalue weighted by atomic mass is 16.7. The first-order valence-corrected chi connectivity index (χ1v) is 12.4. The summed E-state index contributed by atoms with van der Waals surface area (Å²) in [5, 5.41) is 0. The number of carbonyl (C=O) groups excluding carboxylic acids is 4. The van der Waals surface area contributed by atoms with Gasteiger partial charge in [-0.3, -0.25) is 19.2 Å². The van der Waals surface area contributed by atoms with Gasteiger partial charge in [-0.1, -0.05) is 18.2 Å². The molecule has 0 saturated carbocycles. The zero-order valence-electron chi connectivity index (χ0n) is 23.4. The molecule has 1 fully saturated rings. The molecule has 0 N–H and O–H groups in total. The SMILES string of the molecule is COC(OC)c1ccc(OC/C=C/CO[C@H]2O[C@H](COC(C)=O)[C@H](OC(C)=O)[C@H](OC(C)=O)[C@@H]2OC(C)=O)cc1. The van der Waals surface area contributed by atoms with Crippen LogP contribution in [0.25, 0.3) is 0 Å². The third kappa shape index (κ3) is 10.6. The summed E-state index contributed by atoms with van der Waals surface area (Å²) in [5.41, 5.74) is 0.839. The van der Waals surface area contributed by atoms with Gasteiger partial charge in [0.05, 0.1) is 6.61 Å². The number of esters is 4. The fourth-order valence-electron chi connectivity index (χ4n) is 3.84. The predicted octanol–water partition coefficient (Wildman–Crippen LogP) is 2.01. The average molecular weight is 569 g/mol. The van der Waals surface area contributed by atoms with Crippen LogP contribution < -0.4 is 4.74 Å². The maximum absolute atomic E-state index is 11.9. The molecule has 2 rings (SSSR count). The van der Waals surface area contributed by atoms with Gasteiger partial charge in [0.15, 0.2) is 30.9 Å². The van der Waals surface area contributed by atoms with Crippen molar-refractivity contribution in [1.82, 2.24) is 0 Å². The van der Waals surface area contributed by atoms with E-state index in [0.717, 1.165) is 26.3 Å². The molecule has 40 heavy (non-hydrogen) atoms. The molecule has 0 amide bonds. The fraction of sp³-hybridized carbons (Fsp3) is 0.556. The monoisotopic (exact) mass is 568 g/mol. The largest absolute Gasteiger partial charge is 0.490 e. The van der Waals surface area contributed by atoms with E-state index in [9.17, 15) is 19.2 Å². The minimum Gasteiger partial charge on any atom is -0.490 e. The van der Waals surface area contributed by atoms with Crippen LogP contribution in [0.4, 0.5) is 0 Å². The van der Waals surface area contributed by atoms with E-state index in [4.69, 9.17) is 42.6 Å². The Morgan fingerprint density at radius 3 is 1.88 bits per heavy atom. The summed E-state index contributed by atoms with van der Waals surface area (Å²) < 4.78 is 48.8. The first kappa shape index (κ1) is 32.7. The van der Waals surface area contributed by atoms with E-state index in [0.29, 0.717) is 5.75 Å². The van der Waals surface area contributed by atoms with E-state index >= 15 is 0 Å². The molecule has 1 aliphatic heterocycles. The van der Waals surface area contributed by atoms with Crippen molar-refractivity contribution in [2.75, 3.05) is 34.0 Å². The van der Waals surface area contributed by atoms with Crippen molar-refractivity contribution < 1.29 is 61.8 Å². The van der Waals surface area contributed by atoms with Crippen LogP contribution in [0.1, 0.15) is 39.5 Å². The summed E-state index contributed by atoms with van der Waals surface area (Å²) in [6, 6.07) is 7.21. The Labute approximate surface area is 232 Å². The van der Waals surface area contributed by atoms with E-state index in [1.54, 1.807) is 38.5 Å². The number of rotatable bonds is 14. The number of ether oxygens (including phenoxy) is 9. The van der Waals surface area contributed by atoms with Crippen LogP contribution in [0.5, 0.6) is 5.75 Å². The molecule has 5 atom stereocenters. The summed E-state index contributed by atoms with van der Waals surface area (Å²) in [6.45, 7) is 4.51. The molecule has 1 aromatic rings. The summed E-state index contributed by atoms with van der Waals surface area (Å²) in [6.07, 6.45) is -3.29. The lowest BCUT2D eigenvalue weighted by atomic mass is 9.98. The van der Waals surface area contributed by atoms with E-state index in [1.165, 1.54) is 6.92 Å². The lowest BCUT2D eigenvalue weighted by Crippen LogP contribution is -2.62. The van der Waals surface area contributed by atoms with Crippen molar-refractivity contribution in [2.45, 2.75) is 64.7 Å². The molecule has 13 nitrogen and oxygen atoms in total. The van der Waals surface area contributed by atoms with Gasteiger partial charge in [-0.05, 0) is 18.2 Å². The lowest BCUT2D eigenvalue weighted by molar-refractivity contribution is -0.306. The Morgan fingerprint density at radius 1 is 0.775 bits per heavy atom. The van der Waals surface area contributed by atoms with Crippen LogP contribution in [0.15, 0.2) is 36.4 Å². The number of carbonyl (C=O) groups is 4. The zero-order valence-corrected chi connectivity index (χ0v) is 23.4. The molecule has 222 valence electrons. The van der Waals surface area contributed by atoms with Crippen LogP contribution in [0.2, 0.25) is 0 Å². The quantitative estimate of drug-likeness (QED) is 0.139. The smallest absolute Gasteiger partial charge is 0.303 e. The fourth-order valence-corrected chi connectivity index (χ4v) is 3.84. The Morgan fingerprint density at radius 2 is 1.32 bits per heavy atom. The molecule has 1 aliphatic rings. The molecule has 0 unspecified atom stereocenters. The van der Waals surface area contributed by atoms with Gasteiger partial charge in [-0.25, -0.2) is 0 Å². The molecule has 0 aromatic heterocycles. The summed E-state index contributed by atoms with van der Waals surface area (Å²) in [7, 11) is 3.10. The standard InChI is InChI=1S/C27H36O13/c1-16(28)36-15-22-23(37-17(2)29)24(38-18(3)30)25(39-19(4)31)27(40-22)35-14-8-7-13-34-21-11-9-20(10-12-21)26(32-5)33-6/h7-12,22-27H,13-15H2,1-6H3/b8-7+/t22-,23+,24+,25+,27+/m1/s1. The second-order valence-electron chi connectivity index (χ2n) is 8.56. The van der Waals surface area contributed by atoms with Gasteiger partial charge in [0.2, 0.25) is 0 Å². The Balaban J connectivity index is 2.08. The molecule has 0 aliphatic carbocycles. The zero-order chi connectivity index (χ0) is 29.7. The third-order valence-corrected chi connectivity index (χ3v) is 5.40. The minimum atomic E-state index is -1.30. The molecule has 0 bridgehead atoms. The lowest BCUT2D eigenvalue weighted by Gasteiger charge is -2.43. The summed E-state index contributed by atoms with van der Waals surface area (Å²) >= 11 is 0. The third-order valence-electron chi connectivity index (χ3n) is 5.40. The topological polar surface area (TPSA) is 151 Å². The minimum absolute atomic E-state index is 0.0145. The highest BCUT2D eigenvalue weighted by Gasteiger charge is 2.52. The van der Waals surface area contributed by atoms with E-state index in [-0.39, 0.29) is 19.8 Å². The molecular weight excluding hydrogens is 532 g/mol. The number of methoxy groups -OCH3 is 2. The molecule has 0 spiro atoms. The van der Waals surface area contributed by atoms with Crippen molar-refractivity contribution >= 4 is 23.9 Å². The molecule has 0 radical (unpaired) electrons. The van der Waals surface area contributed by atoms with Gasteiger partial charge >= 0.3 is 23.9 Å². The Kier molecular flexibility index (Phi) is 13.5. The average Bonchev–Trinajstić information content (AvgIpc) is 2.88. The Bertz CT molecular complexity index is 1000. The van der Waals surface area contributed by atoms with E-state index in [2.05, 4.69) is 0 Å². The van der Waals surface area contributed by atoms with Gasteiger partial charge < -0.3 is 42.6 Å². The van der Waals surface area contributed by atoms with Crippen LogP contribution in [0.3, 0.4) is 0 Å². The molecular formula is C27H36O13. The first-order chi connectivity index (χ1) is 19.0.